The van der Waals surface area contributed by atoms with Crippen molar-refractivity contribution in [3.8, 4) is 16.9 Å². The van der Waals surface area contributed by atoms with Gasteiger partial charge in [0.15, 0.2) is 0 Å². The lowest BCUT2D eigenvalue weighted by atomic mass is 10.0. The molecule has 0 saturated carbocycles. The smallest absolute Gasteiger partial charge is 0.324 e. The third-order valence-corrected chi connectivity index (χ3v) is 3.89. The Hall–Kier alpha value is -2.77. The van der Waals surface area contributed by atoms with Crippen molar-refractivity contribution in [3.05, 3.63) is 48.5 Å². The highest BCUT2D eigenvalue weighted by molar-refractivity contribution is 5.90. The van der Waals surface area contributed by atoms with Gasteiger partial charge in [-0.05, 0) is 48.9 Å². The molecule has 0 saturated heterocycles. The maximum absolute atomic E-state index is 11.8. The topological polar surface area (TPSA) is 99.7 Å². The fourth-order valence-electron chi connectivity index (χ4n) is 2.41. The van der Waals surface area contributed by atoms with Crippen LogP contribution < -0.4 is 20.7 Å². The second-order valence-electron chi connectivity index (χ2n) is 5.98. The minimum atomic E-state index is -0.964. The summed E-state index contributed by atoms with van der Waals surface area (Å²) in [6, 6.07) is 13.9. The summed E-state index contributed by atoms with van der Waals surface area (Å²) in [4.78, 5) is 22.9. The zero-order valence-electron chi connectivity index (χ0n) is 15.9. The number of ether oxygens (including phenoxy) is 1. The van der Waals surface area contributed by atoms with Crippen molar-refractivity contribution in [1.82, 2.24) is 10.6 Å². The van der Waals surface area contributed by atoms with Crippen molar-refractivity contribution in [2.75, 3.05) is 25.5 Å². The molecule has 0 radical (unpaired) electrons. The van der Waals surface area contributed by atoms with Crippen molar-refractivity contribution in [2.24, 2.45) is 0 Å². The lowest BCUT2D eigenvalue weighted by Crippen LogP contribution is -2.39. The average molecular weight is 408 g/mol. The van der Waals surface area contributed by atoms with Crippen LogP contribution in [0.25, 0.3) is 11.1 Å². The molecule has 0 fully saturated rings. The Morgan fingerprint density at radius 2 is 1.79 bits per heavy atom. The molecule has 0 aliphatic heterocycles. The van der Waals surface area contributed by atoms with Gasteiger partial charge in [-0.15, -0.1) is 12.4 Å². The van der Waals surface area contributed by atoms with Crippen LogP contribution in [0, 0.1) is 0 Å². The van der Waals surface area contributed by atoms with E-state index >= 15 is 0 Å². The number of likely N-dealkylation sites (N-methyl/N-ethyl adjacent to an activating group) is 1. The number of halogens is 1. The maximum Gasteiger partial charge on any atom is 0.324 e. The molecule has 2 aromatic rings. The Balaban J connectivity index is 0.00000392. The molecule has 152 valence electrons. The summed E-state index contributed by atoms with van der Waals surface area (Å²) in [6.07, 6.45) is 0.872. The molecule has 0 heterocycles. The second kappa shape index (κ2) is 11.8. The van der Waals surface area contributed by atoms with Crippen LogP contribution in [0.1, 0.15) is 13.3 Å². The van der Waals surface area contributed by atoms with Crippen molar-refractivity contribution in [1.29, 1.82) is 0 Å². The van der Waals surface area contributed by atoms with Gasteiger partial charge in [-0.25, -0.2) is 4.79 Å². The van der Waals surface area contributed by atoms with Crippen molar-refractivity contribution in [2.45, 2.75) is 19.4 Å². The van der Waals surface area contributed by atoms with Gasteiger partial charge < -0.3 is 25.8 Å². The predicted octanol–water partition coefficient (Wildman–Crippen LogP) is 3.36. The number of carbonyl (C=O) groups is 2. The predicted molar refractivity (Wildman–Crippen MR) is 112 cm³/mol. The highest BCUT2D eigenvalue weighted by atomic mass is 35.5. The first-order valence-electron chi connectivity index (χ1n) is 8.81. The number of rotatable bonds is 9. The molecule has 7 nitrogen and oxygen atoms in total. The van der Waals surface area contributed by atoms with Crippen LogP contribution in [0.4, 0.5) is 10.5 Å². The Kier molecular flexibility index (Phi) is 9.84. The molecule has 8 heteroatoms. The Morgan fingerprint density at radius 3 is 2.43 bits per heavy atom. The number of carbonyl (C=O) groups excluding carboxylic acids is 1. The number of carboxylic acid groups (broad SMARTS) is 1. The van der Waals surface area contributed by atoms with Crippen molar-refractivity contribution < 1.29 is 19.4 Å². The van der Waals surface area contributed by atoms with Gasteiger partial charge in [-0.1, -0.05) is 31.2 Å². The molecule has 0 aliphatic rings. The van der Waals surface area contributed by atoms with E-state index in [2.05, 4.69) is 16.0 Å². The van der Waals surface area contributed by atoms with E-state index in [1.165, 1.54) is 0 Å². The van der Waals surface area contributed by atoms with Gasteiger partial charge in [0.25, 0.3) is 0 Å². The summed E-state index contributed by atoms with van der Waals surface area (Å²) in [5.41, 5.74) is 2.51. The maximum atomic E-state index is 11.8. The largest absolute Gasteiger partial charge is 0.491 e. The Labute approximate surface area is 170 Å². The lowest BCUT2D eigenvalue weighted by molar-refractivity contribution is -0.140. The van der Waals surface area contributed by atoms with Gasteiger partial charge in [0.1, 0.15) is 18.4 Å². The summed E-state index contributed by atoms with van der Waals surface area (Å²) in [5.74, 6) is -0.387. The summed E-state index contributed by atoms with van der Waals surface area (Å²) in [7, 11) is 1.58. The number of urea groups is 1. The molecule has 1 unspecified atom stereocenters. The van der Waals surface area contributed by atoms with E-state index in [1.54, 1.807) is 13.1 Å². The van der Waals surface area contributed by atoms with Crippen LogP contribution in [-0.2, 0) is 4.79 Å². The van der Waals surface area contributed by atoms with Crippen LogP contribution >= 0.6 is 12.4 Å². The van der Waals surface area contributed by atoms with E-state index in [4.69, 9.17) is 9.84 Å². The van der Waals surface area contributed by atoms with Crippen molar-refractivity contribution in [3.63, 3.8) is 0 Å². The zero-order chi connectivity index (χ0) is 19.6. The third-order valence-electron chi connectivity index (χ3n) is 3.89. The van der Waals surface area contributed by atoms with E-state index in [0.29, 0.717) is 18.0 Å². The molecule has 1 atom stereocenters. The number of hydrogen-bond acceptors (Lipinski definition) is 4. The van der Waals surface area contributed by atoms with Crippen molar-refractivity contribution >= 4 is 30.1 Å². The summed E-state index contributed by atoms with van der Waals surface area (Å²) in [6.45, 7) is 2.63. The van der Waals surface area contributed by atoms with Gasteiger partial charge in [0, 0.05) is 12.2 Å². The Bertz CT molecular complexity index is 786. The fourth-order valence-corrected chi connectivity index (χ4v) is 2.41. The molecular formula is C20H26ClN3O4. The first kappa shape index (κ1) is 23.3. The molecule has 2 amide bonds. The number of benzene rings is 2. The van der Waals surface area contributed by atoms with Crippen LogP contribution in [0.2, 0.25) is 0 Å². The quantitative estimate of drug-likeness (QED) is 0.510. The van der Waals surface area contributed by atoms with E-state index in [9.17, 15) is 9.59 Å². The molecule has 2 rings (SSSR count). The van der Waals surface area contributed by atoms with Crippen LogP contribution in [-0.4, -0.2) is 43.3 Å². The van der Waals surface area contributed by atoms with E-state index in [-0.39, 0.29) is 25.0 Å². The lowest BCUT2D eigenvalue weighted by Gasteiger charge is -2.14. The third kappa shape index (κ3) is 7.09. The van der Waals surface area contributed by atoms with Crippen LogP contribution in [0.3, 0.4) is 0 Å². The summed E-state index contributed by atoms with van der Waals surface area (Å²) >= 11 is 0. The molecule has 2 aromatic carbocycles. The standard InChI is InChI=1S/C20H25N3O4.ClH/c1-3-10-22-20(26)23-16-8-4-6-14(11-16)15-7-5-9-17(12-15)27-13-18(21-2)19(24)25;/h4-9,11-12,18,21H,3,10,13H2,1-2H3,(H,24,25)(H2,22,23,26);1H. The number of aliphatic carboxylic acids is 1. The second-order valence-corrected chi connectivity index (χ2v) is 5.98. The van der Waals surface area contributed by atoms with E-state index in [0.717, 1.165) is 17.5 Å². The highest BCUT2D eigenvalue weighted by Gasteiger charge is 2.15. The minimum absolute atomic E-state index is 0. The molecule has 0 spiro atoms. The molecule has 0 aromatic heterocycles. The molecule has 28 heavy (non-hydrogen) atoms. The molecule has 0 aliphatic carbocycles. The number of hydrogen-bond donors (Lipinski definition) is 4. The van der Waals surface area contributed by atoms with E-state index in [1.807, 2.05) is 49.4 Å². The highest BCUT2D eigenvalue weighted by Crippen LogP contribution is 2.26. The molecule has 0 bridgehead atoms. The molecular weight excluding hydrogens is 382 g/mol. The average Bonchev–Trinajstić information content (AvgIpc) is 2.67. The monoisotopic (exact) mass is 407 g/mol. The first-order valence-corrected chi connectivity index (χ1v) is 8.81. The number of nitrogens with one attached hydrogen (secondary N) is 3. The van der Waals surface area contributed by atoms with Gasteiger partial charge in [-0.3, -0.25) is 4.79 Å². The minimum Gasteiger partial charge on any atom is -0.491 e. The van der Waals surface area contributed by atoms with Crippen LogP contribution in [0.5, 0.6) is 5.75 Å². The molecule has 4 N–H and O–H groups in total. The zero-order valence-corrected chi connectivity index (χ0v) is 16.7. The number of amides is 2. The fraction of sp³-hybridized carbons (Fsp3) is 0.300. The van der Waals surface area contributed by atoms with E-state index < -0.39 is 12.0 Å². The van der Waals surface area contributed by atoms with Gasteiger partial charge >= 0.3 is 12.0 Å². The Morgan fingerprint density at radius 1 is 1.11 bits per heavy atom. The number of carboxylic acids is 1. The number of anilines is 1. The normalized spacial score (nSPS) is 11.1. The first-order chi connectivity index (χ1) is 13.0. The SMILES string of the molecule is CCCNC(=O)Nc1cccc(-c2cccc(OCC(NC)C(=O)O)c2)c1.Cl. The van der Waals surface area contributed by atoms with Gasteiger partial charge in [0.2, 0.25) is 0 Å². The van der Waals surface area contributed by atoms with Gasteiger partial charge in [-0.2, -0.15) is 0 Å². The summed E-state index contributed by atoms with van der Waals surface area (Å²) < 4.78 is 5.60. The van der Waals surface area contributed by atoms with Crippen LogP contribution in [0.15, 0.2) is 48.5 Å². The summed E-state index contributed by atoms with van der Waals surface area (Å²) in [5, 5.41) is 17.3. The van der Waals surface area contributed by atoms with Gasteiger partial charge in [0.05, 0.1) is 0 Å².